The van der Waals surface area contributed by atoms with Crippen LogP contribution in [0.2, 0.25) is 5.02 Å². The average molecular weight is 590 g/mol. The maximum Gasteiger partial charge on any atom is 0.263 e. The minimum absolute atomic E-state index is 0.0432. The third-order valence-corrected chi connectivity index (χ3v) is 8.01. The van der Waals surface area contributed by atoms with Gasteiger partial charge in [-0.3, -0.25) is 9.67 Å². The zero-order valence-electron chi connectivity index (χ0n) is 23.7. The molecule has 1 aliphatic carbocycles. The summed E-state index contributed by atoms with van der Waals surface area (Å²) < 4.78 is 30.9. The van der Waals surface area contributed by atoms with Gasteiger partial charge < -0.3 is 10.6 Å². The van der Waals surface area contributed by atoms with Crippen molar-refractivity contribution in [1.82, 2.24) is 29.8 Å². The lowest BCUT2D eigenvalue weighted by Gasteiger charge is -2.22. The van der Waals surface area contributed by atoms with Crippen LogP contribution in [-0.2, 0) is 12.6 Å². The maximum absolute atomic E-state index is 13.9. The number of rotatable bonds is 8. The first-order chi connectivity index (χ1) is 20.0. The predicted molar refractivity (Wildman–Crippen MR) is 159 cm³/mol. The number of halogens is 3. The molecule has 216 valence electrons. The Bertz CT molecular complexity index is 1840. The molecule has 2 N–H and O–H groups in total. The van der Waals surface area contributed by atoms with E-state index in [2.05, 4.69) is 57.9 Å². The van der Waals surface area contributed by atoms with Crippen LogP contribution >= 0.6 is 11.6 Å². The van der Waals surface area contributed by atoms with E-state index < -0.39 is 18.0 Å². The molecule has 3 heterocycles. The highest BCUT2D eigenvalue weighted by Crippen LogP contribution is 2.48. The van der Waals surface area contributed by atoms with Gasteiger partial charge in [0.05, 0.1) is 45.7 Å². The van der Waals surface area contributed by atoms with Crippen LogP contribution in [0.15, 0.2) is 48.9 Å². The summed E-state index contributed by atoms with van der Waals surface area (Å²) in [4.78, 5) is 4.46. The SMILES string of the molecule is Cn1ncc2c([C@H](Nc3cc(Cl)c4ncc(C#N)c(NCC(C)(C)C)c4c3)c3cn(C4(C(F)F)CC4)nn3)cccc21. The van der Waals surface area contributed by atoms with E-state index in [4.69, 9.17) is 11.6 Å². The Hall–Kier alpha value is -4.30. The van der Waals surface area contributed by atoms with Gasteiger partial charge in [0.15, 0.2) is 0 Å². The summed E-state index contributed by atoms with van der Waals surface area (Å²) in [5.74, 6) is 0. The van der Waals surface area contributed by atoms with E-state index in [0.717, 1.165) is 16.5 Å². The van der Waals surface area contributed by atoms with Crippen molar-refractivity contribution in [1.29, 1.82) is 5.26 Å². The summed E-state index contributed by atoms with van der Waals surface area (Å²) in [6.07, 6.45) is 3.05. The molecule has 1 saturated carbocycles. The van der Waals surface area contributed by atoms with E-state index in [9.17, 15) is 14.0 Å². The number of anilines is 2. The number of nitrogens with zero attached hydrogens (tertiary/aromatic N) is 7. The van der Waals surface area contributed by atoms with Crippen LogP contribution in [-0.4, -0.2) is 42.7 Å². The standard InChI is InChI=1S/C30H30ClF2N9/c1-29(2,3)16-36-25-17(12-34)13-35-26-20(25)10-18(11-22(26)31)38-27(19-6-5-7-24-21(19)14-37-41(24)4)23-15-42(40-39-23)30(8-9-30)28(32)33/h5-7,10-11,13-15,27-28,38H,8-9,16H2,1-4H3,(H,35,36)/t27-/m0/s1. The quantitative estimate of drug-likeness (QED) is 0.208. The van der Waals surface area contributed by atoms with Crippen LogP contribution in [0.3, 0.4) is 0 Å². The molecule has 1 aliphatic rings. The van der Waals surface area contributed by atoms with E-state index in [1.807, 2.05) is 31.3 Å². The third-order valence-electron chi connectivity index (χ3n) is 7.72. The Morgan fingerprint density at radius 1 is 1.17 bits per heavy atom. The van der Waals surface area contributed by atoms with Crippen molar-refractivity contribution in [2.75, 3.05) is 17.2 Å². The minimum atomic E-state index is -2.54. The van der Waals surface area contributed by atoms with E-state index in [0.29, 0.717) is 57.9 Å². The van der Waals surface area contributed by atoms with Gasteiger partial charge in [0, 0.05) is 36.2 Å². The number of benzene rings is 2. The van der Waals surface area contributed by atoms with Gasteiger partial charge in [-0.25, -0.2) is 13.5 Å². The van der Waals surface area contributed by atoms with Gasteiger partial charge >= 0.3 is 0 Å². The normalized spacial score (nSPS) is 15.2. The molecule has 12 heteroatoms. The number of hydrogen-bond acceptors (Lipinski definition) is 7. The molecule has 1 fully saturated rings. The molecule has 0 radical (unpaired) electrons. The highest BCUT2D eigenvalue weighted by Gasteiger charge is 2.54. The zero-order chi connectivity index (χ0) is 29.8. The zero-order valence-corrected chi connectivity index (χ0v) is 24.4. The molecule has 0 saturated heterocycles. The van der Waals surface area contributed by atoms with Crippen molar-refractivity contribution in [3.05, 3.63) is 70.8 Å². The van der Waals surface area contributed by atoms with Crippen molar-refractivity contribution in [3.8, 4) is 6.07 Å². The van der Waals surface area contributed by atoms with Crippen molar-refractivity contribution in [3.63, 3.8) is 0 Å². The second-order valence-electron chi connectivity index (χ2n) is 12.0. The van der Waals surface area contributed by atoms with Crippen LogP contribution in [0.5, 0.6) is 0 Å². The van der Waals surface area contributed by atoms with Crippen molar-refractivity contribution in [2.24, 2.45) is 12.5 Å². The van der Waals surface area contributed by atoms with Crippen LogP contribution in [0.25, 0.3) is 21.8 Å². The smallest absolute Gasteiger partial charge is 0.263 e. The van der Waals surface area contributed by atoms with Crippen molar-refractivity contribution < 1.29 is 8.78 Å². The predicted octanol–water partition coefficient (Wildman–Crippen LogP) is 6.65. The molecule has 0 spiro atoms. The number of alkyl halides is 2. The van der Waals surface area contributed by atoms with Crippen LogP contribution in [0.1, 0.15) is 56.5 Å². The Balaban J connectivity index is 1.48. The average Bonchev–Trinajstić information content (AvgIpc) is 3.47. The van der Waals surface area contributed by atoms with Crippen LogP contribution in [0, 0.1) is 16.7 Å². The Kier molecular flexibility index (Phi) is 6.77. The van der Waals surface area contributed by atoms with E-state index >= 15 is 0 Å². The van der Waals surface area contributed by atoms with E-state index in [1.54, 1.807) is 23.1 Å². The Morgan fingerprint density at radius 2 is 1.95 bits per heavy atom. The maximum atomic E-state index is 13.9. The summed E-state index contributed by atoms with van der Waals surface area (Å²) in [5.41, 5.74) is 3.12. The van der Waals surface area contributed by atoms with Gasteiger partial charge in [0.1, 0.15) is 17.3 Å². The molecule has 2 aromatic carbocycles. The summed E-state index contributed by atoms with van der Waals surface area (Å²) >= 11 is 6.76. The fourth-order valence-corrected chi connectivity index (χ4v) is 5.47. The van der Waals surface area contributed by atoms with Crippen molar-refractivity contribution >= 4 is 44.8 Å². The van der Waals surface area contributed by atoms with E-state index in [-0.39, 0.29) is 5.41 Å². The van der Waals surface area contributed by atoms with E-state index in [1.165, 1.54) is 10.9 Å². The molecular weight excluding hydrogens is 560 g/mol. The number of fused-ring (bicyclic) bond motifs is 2. The summed E-state index contributed by atoms with van der Waals surface area (Å²) in [6, 6.07) is 11.1. The molecule has 5 aromatic rings. The highest BCUT2D eigenvalue weighted by atomic mass is 35.5. The number of pyridine rings is 1. The van der Waals surface area contributed by atoms with Crippen LogP contribution in [0.4, 0.5) is 20.2 Å². The molecule has 9 nitrogen and oxygen atoms in total. The summed E-state index contributed by atoms with van der Waals surface area (Å²) in [7, 11) is 1.86. The lowest BCUT2D eigenvalue weighted by atomic mass is 9.96. The van der Waals surface area contributed by atoms with Gasteiger partial charge in [0.2, 0.25) is 0 Å². The third kappa shape index (κ3) is 4.90. The molecule has 42 heavy (non-hydrogen) atoms. The summed E-state index contributed by atoms with van der Waals surface area (Å²) in [5, 5.41) is 31.7. The molecule has 1 atom stereocenters. The first kappa shape index (κ1) is 27.8. The molecule has 3 aromatic heterocycles. The first-order valence-electron chi connectivity index (χ1n) is 13.6. The number of aryl methyl sites for hydroxylation is 1. The van der Waals surface area contributed by atoms with Gasteiger partial charge in [-0.05, 0) is 42.0 Å². The highest BCUT2D eigenvalue weighted by molar-refractivity contribution is 6.35. The molecule has 0 bridgehead atoms. The lowest BCUT2D eigenvalue weighted by Crippen LogP contribution is -2.26. The molecule has 0 unspecified atom stereocenters. The van der Waals surface area contributed by atoms with Crippen LogP contribution < -0.4 is 10.6 Å². The molecule has 6 rings (SSSR count). The second kappa shape index (κ2) is 10.2. The van der Waals surface area contributed by atoms with Gasteiger partial charge in [-0.2, -0.15) is 10.4 Å². The molecule has 0 aliphatic heterocycles. The van der Waals surface area contributed by atoms with Crippen molar-refractivity contribution in [2.45, 2.75) is 51.6 Å². The number of nitriles is 1. The largest absolute Gasteiger partial charge is 0.383 e. The van der Waals surface area contributed by atoms with Gasteiger partial charge in [0.25, 0.3) is 6.43 Å². The van der Waals surface area contributed by atoms with Gasteiger partial charge in [-0.1, -0.05) is 49.7 Å². The number of aromatic nitrogens is 6. The number of hydrogen-bond donors (Lipinski definition) is 2. The topological polar surface area (TPSA) is 109 Å². The Labute approximate surface area is 246 Å². The second-order valence-corrected chi connectivity index (χ2v) is 12.5. The monoisotopic (exact) mass is 589 g/mol. The Morgan fingerprint density at radius 3 is 2.64 bits per heavy atom. The molecular formula is C30H30ClF2N9. The minimum Gasteiger partial charge on any atom is -0.383 e. The fourth-order valence-electron chi connectivity index (χ4n) is 5.20. The fraction of sp³-hybridized carbons (Fsp3) is 0.367. The molecule has 0 amide bonds. The number of nitrogens with one attached hydrogen (secondary N) is 2. The van der Waals surface area contributed by atoms with Gasteiger partial charge in [-0.15, -0.1) is 5.10 Å². The lowest BCUT2D eigenvalue weighted by molar-refractivity contribution is 0.0593. The first-order valence-corrected chi connectivity index (χ1v) is 14.0. The summed E-state index contributed by atoms with van der Waals surface area (Å²) in [6.45, 7) is 6.93.